The Morgan fingerprint density at radius 2 is 2.00 bits per heavy atom. The average molecular weight is 373 g/mol. The molecule has 0 aliphatic heterocycles. The molecular formula is C19H20N2O2S2. The minimum Gasteiger partial charge on any atom is -0.495 e. The summed E-state index contributed by atoms with van der Waals surface area (Å²) in [6.45, 7) is 2.79. The van der Waals surface area contributed by atoms with Crippen molar-refractivity contribution < 1.29 is 9.53 Å². The van der Waals surface area contributed by atoms with E-state index in [-0.39, 0.29) is 5.91 Å². The first-order valence-corrected chi connectivity index (χ1v) is 10.1. The number of nitrogens with zero attached hydrogens (tertiary/aromatic N) is 2. The molecule has 0 saturated heterocycles. The van der Waals surface area contributed by atoms with Gasteiger partial charge < -0.3 is 9.30 Å². The van der Waals surface area contributed by atoms with Gasteiger partial charge in [0.05, 0.1) is 17.6 Å². The van der Waals surface area contributed by atoms with Crippen LogP contribution in [0.5, 0.6) is 5.75 Å². The highest BCUT2D eigenvalue weighted by atomic mass is 32.2. The van der Waals surface area contributed by atoms with E-state index in [9.17, 15) is 4.79 Å². The van der Waals surface area contributed by atoms with Gasteiger partial charge in [-0.05, 0) is 24.6 Å². The summed E-state index contributed by atoms with van der Waals surface area (Å²) in [7, 11) is 1.66. The first kappa shape index (κ1) is 17.8. The number of carbonyl (C=O) groups excluding carboxylic acids is 1. The van der Waals surface area contributed by atoms with Gasteiger partial charge in [-0.15, -0.1) is 11.8 Å². The van der Waals surface area contributed by atoms with Crippen LogP contribution in [0.1, 0.15) is 12.5 Å². The van der Waals surface area contributed by atoms with Gasteiger partial charge in [0.25, 0.3) is 5.91 Å². The molecule has 0 fully saturated rings. The SMILES string of the molecule is CCn1c(=NC(=O)CSCc2ccccc2)sc2cccc(OC)c21. The predicted octanol–water partition coefficient (Wildman–Crippen LogP) is 4.09. The maximum atomic E-state index is 12.3. The Morgan fingerprint density at radius 1 is 1.20 bits per heavy atom. The van der Waals surface area contributed by atoms with E-state index in [4.69, 9.17) is 4.74 Å². The summed E-state index contributed by atoms with van der Waals surface area (Å²) in [5.41, 5.74) is 2.22. The second-order valence-electron chi connectivity index (χ2n) is 5.42. The number of para-hydroxylation sites is 1. The molecule has 0 bridgehead atoms. The van der Waals surface area contributed by atoms with Crippen LogP contribution in [0, 0.1) is 0 Å². The number of aromatic nitrogens is 1. The fraction of sp³-hybridized carbons (Fsp3) is 0.263. The number of thioether (sulfide) groups is 1. The van der Waals surface area contributed by atoms with Gasteiger partial charge >= 0.3 is 0 Å². The number of aryl methyl sites for hydroxylation is 1. The molecule has 1 amide bonds. The molecule has 0 N–H and O–H groups in total. The fourth-order valence-electron chi connectivity index (χ4n) is 2.61. The number of rotatable bonds is 6. The topological polar surface area (TPSA) is 43.6 Å². The van der Waals surface area contributed by atoms with Crippen molar-refractivity contribution in [2.75, 3.05) is 12.9 Å². The third kappa shape index (κ3) is 4.14. The van der Waals surface area contributed by atoms with E-state index < -0.39 is 0 Å². The smallest absolute Gasteiger partial charge is 0.258 e. The van der Waals surface area contributed by atoms with Gasteiger partial charge in [-0.3, -0.25) is 4.79 Å². The van der Waals surface area contributed by atoms with Crippen molar-refractivity contribution >= 4 is 39.2 Å². The van der Waals surface area contributed by atoms with E-state index in [1.165, 1.54) is 16.9 Å². The molecule has 0 unspecified atom stereocenters. The van der Waals surface area contributed by atoms with Gasteiger partial charge in [-0.1, -0.05) is 47.7 Å². The highest BCUT2D eigenvalue weighted by Crippen LogP contribution is 2.27. The predicted molar refractivity (Wildman–Crippen MR) is 105 cm³/mol. The van der Waals surface area contributed by atoms with E-state index in [1.807, 2.05) is 47.9 Å². The Kier molecular flexibility index (Phi) is 5.94. The van der Waals surface area contributed by atoms with Crippen LogP contribution >= 0.6 is 23.1 Å². The quantitative estimate of drug-likeness (QED) is 0.654. The number of benzene rings is 2. The zero-order valence-corrected chi connectivity index (χ0v) is 15.9. The summed E-state index contributed by atoms with van der Waals surface area (Å²) in [5, 5.41) is 0. The molecule has 3 aromatic rings. The van der Waals surface area contributed by atoms with Gasteiger partial charge in [-0.25, -0.2) is 0 Å². The molecule has 4 nitrogen and oxygen atoms in total. The van der Waals surface area contributed by atoms with Crippen LogP contribution in [0.3, 0.4) is 0 Å². The van der Waals surface area contributed by atoms with Crippen LogP contribution < -0.4 is 9.54 Å². The van der Waals surface area contributed by atoms with Crippen LogP contribution in [0.15, 0.2) is 53.5 Å². The van der Waals surface area contributed by atoms with E-state index in [0.29, 0.717) is 5.75 Å². The first-order valence-electron chi connectivity index (χ1n) is 8.08. The summed E-state index contributed by atoms with van der Waals surface area (Å²) in [5.74, 6) is 1.90. The molecular weight excluding hydrogens is 352 g/mol. The molecule has 130 valence electrons. The average Bonchev–Trinajstić information content (AvgIpc) is 2.99. The number of fused-ring (bicyclic) bond motifs is 1. The zero-order valence-electron chi connectivity index (χ0n) is 14.3. The minimum absolute atomic E-state index is 0.103. The van der Waals surface area contributed by atoms with Crippen LogP contribution in [0.4, 0.5) is 0 Å². The molecule has 1 heterocycles. The molecule has 0 aliphatic rings. The molecule has 3 rings (SSSR count). The van der Waals surface area contributed by atoms with Crippen molar-refractivity contribution in [2.45, 2.75) is 19.2 Å². The molecule has 2 aromatic carbocycles. The number of thiazole rings is 1. The van der Waals surface area contributed by atoms with E-state index in [1.54, 1.807) is 18.9 Å². The molecule has 0 radical (unpaired) electrons. The number of carbonyl (C=O) groups is 1. The van der Waals surface area contributed by atoms with Crippen LogP contribution in [0.25, 0.3) is 10.2 Å². The van der Waals surface area contributed by atoms with E-state index in [2.05, 4.69) is 17.1 Å². The van der Waals surface area contributed by atoms with Crippen molar-refractivity contribution in [2.24, 2.45) is 4.99 Å². The van der Waals surface area contributed by atoms with Crippen molar-refractivity contribution in [3.05, 3.63) is 58.9 Å². The second-order valence-corrected chi connectivity index (χ2v) is 7.41. The normalized spacial score (nSPS) is 11.8. The number of amides is 1. The van der Waals surface area contributed by atoms with Crippen molar-refractivity contribution in [1.29, 1.82) is 0 Å². The van der Waals surface area contributed by atoms with Crippen molar-refractivity contribution in [3.8, 4) is 5.75 Å². The Balaban J connectivity index is 1.79. The summed E-state index contributed by atoms with van der Waals surface area (Å²) >= 11 is 3.11. The largest absolute Gasteiger partial charge is 0.495 e. The molecule has 0 aliphatic carbocycles. The Bertz CT molecular complexity index is 929. The van der Waals surface area contributed by atoms with Gasteiger partial charge in [0.15, 0.2) is 4.80 Å². The maximum Gasteiger partial charge on any atom is 0.258 e. The van der Waals surface area contributed by atoms with Crippen LogP contribution in [0.2, 0.25) is 0 Å². The Labute approximate surface area is 155 Å². The van der Waals surface area contributed by atoms with E-state index in [0.717, 1.165) is 33.1 Å². The number of hydrogen-bond acceptors (Lipinski definition) is 4. The molecule has 25 heavy (non-hydrogen) atoms. The third-order valence-corrected chi connectivity index (χ3v) is 5.79. The van der Waals surface area contributed by atoms with Gasteiger partial charge in [0.2, 0.25) is 0 Å². The summed E-state index contributed by atoms with van der Waals surface area (Å²) in [6, 6.07) is 16.1. The van der Waals surface area contributed by atoms with Crippen LogP contribution in [-0.4, -0.2) is 23.3 Å². The highest BCUT2D eigenvalue weighted by Gasteiger charge is 2.11. The fourth-order valence-corrected chi connectivity index (χ4v) is 4.51. The zero-order chi connectivity index (χ0) is 17.6. The maximum absolute atomic E-state index is 12.3. The second kappa shape index (κ2) is 8.36. The van der Waals surface area contributed by atoms with E-state index >= 15 is 0 Å². The lowest BCUT2D eigenvalue weighted by Gasteiger charge is -2.05. The summed E-state index contributed by atoms with van der Waals surface area (Å²) in [6.07, 6.45) is 0. The van der Waals surface area contributed by atoms with Crippen molar-refractivity contribution in [1.82, 2.24) is 4.57 Å². The Morgan fingerprint density at radius 3 is 2.72 bits per heavy atom. The first-order chi connectivity index (χ1) is 12.2. The summed E-state index contributed by atoms with van der Waals surface area (Å²) < 4.78 is 8.57. The molecule has 0 spiro atoms. The van der Waals surface area contributed by atoms with Crippen LogP contribution in [-0.2, 0) is 17.1 Å². The van der Waals surface area contributed by atoms with Gasteiger partial charge in [-0.2, -0.15) is 4.99 Å². The standard InChI is InChI=1S/C19H20N2O2S2/c1-3-21-18-15(23-2)10-7-11-16(18)25-19(21)20-17(22)13-24-12-14-8-5-4-6-9-14/h4-11H,3,12-13H2,1-2H3. The monoisotopic (exact) mass is 372 g/mol. The third-order valence-electron chi connectivity index (χ3n) is 3.76. The number of methoxy groups -OCH3 is 1. The van der Waals surface area contributed by atoms with Gasteiger partial charge in [0, 0.05) is 12.3 Å². The number of hydrogen-bond donors (Lipinski definition) is 0. The lowest BCUT2D eigenvalue weighted by molar-refractivity contribution is -0.115. The van der Waals surface area contributed by atoms with Gasteiger partial charge in [0.1, 0.15) is 11.3 Å². The molecule has 6 heteroatoms. The molecule has 1 aromatic heterocycles. The minimum atomic E-state index is -0.103. The molecule has 0 saturated carbocycles. The Hall–Kier alpha value is -2.05. The molecule has 0 atom stereocenters. The lowest BCUT2D eigenvalue weighted by Crippen LogP contribution is -2.16. The number of ether oxygens (including phenoxy) is 1. The van der Waals surface area contributed by atoms with Crippen molar-refractivity contribution in [3.63, 3.8) is 0 Å². The summed E-state index contributed by atoms with van der Waals surface area (Å²) in [4.78, 5) is 17.3. The lowest BCUT2D eigenvalue weighted by atomic mass is 10.2. The highest BCUT2D eigenvalue weighted by molar-refractivity contribution is 7.99.